The minimum absolute atomic E-state index is 0.000577. The molecule has 0 bridgehead atoms. The lowest BCUT2D eigenvalue weighted by atomic mass is 9.90. The van der Waals surface area contributed by atoms with Crippen molar-refractivity contribution in [3.8, 4) is 0 Å². The van der Waals surface area contributed by atoms with Crippen molar-refractivity contribution in [3.63, 3.8) is 0 Å². The molecule has 2 aromatic rings. The average Bonchev–Trinajstić information content (AvgIpc) is 2.49. The third-order valence-corrected chi connectivity index (χ3v) is 3.94. The van der Waals surface area contributed by atoms with Gasteiger partial charge in [0.1, 0.15) is 0 Å². The Morgan fingerprint density at radius 2 is 1.33 bits per heavy atom. The first-order valence-corrected chi connectivity index (χ1v) is 7.66. The van der Waals surface area contributed by atoms with Crippen LogP contribution in [0.25, 0.3) is 0 Å². The van der Waals surface area contributed by atoms with Crippen molar-refractivity contribution in [2.75, 3.05) is 0 Å². The number of aliphatic hydroxyl groups excluding tert-OH is 1. The van der Waals surface area contributed by atoms with E-state index < -0.39 is 0 Å². The third kappa shape index (κ3) is 5.33. The highest BCUT2D eigenvalue weighted by Crippen LogP contribution is 2.16. The number of hydrogen-bond donors (Lipinski definition) is 2. The molecule has 0 aliphatic rings. The minimum atomic E-state index is -0.357. The van der Waals surface area contributed by atoms with Gasteiger partial charge in [0.15, 0.2) is 0 Å². The van der Waals surface area contributed by atoms with Crippen molar-refractivity contribution in [1.82, 2.24) is 0 Å². The Kier molecular flexibility index (Phi) is 5.97. The first-order chi connectivity index (χ1) is 10.1. The molecule has 2 nitrogen and oxygen atoms in total. The van der Waals surface area contributed by atoms with Crippen LogP contribution >= 0.6 is 0 Å². The van der Waals surface area contributed by atoms with Gasteiger partial charge < -0.3 is 10.8 Å². The summed E-state index contributed by atoms with van der Waals surface area (Å²) in [5, 5.41) is 10.3. The molecule has 0 saturated heterocycles. The van der Waals surface area contributed by atoms with Crippen LogP contribution in [0, 0.1) is 5.92 Å². The number of aliphatic hydroxyl groups is 1. The van der Waals surface area contributed by atoms with Gasteiger partial charge in [-0.15, -0.1) is 0 Å². The van der Waals surface area contributed by atoms with Crippen LogP contribution in [-0.4, -0.2) is 17.3 Å². The maximum absolute atomic E-state index is 10.3. The summed E-state index contributed by atoms with van der Waals surface area (Å²) >= 11 is 0. The lowest BCUT2D eigenvalue weighted by molar-refractivity contribution is 0.100. The van der Waals surface area contributed by atoms with Crippen molar-refractivity contribution in [3.05, 3.63) is 71.8 Å². The first-order valence-electron chi connectivity index (χ1n) is 7.66. The molecule has 3 atom stereocenters. The lowest BCUT2D eigenvalue weighted by Crippen LogP contribution is -2.32. The fourth-order valence-electron chi connectivity index (χ4n) is 2.66. The molecule has 0 spiro atoms. The van der Waals surface area contributed by atoms with Gasteiger partial charge in [-0.05, 0) is 36.3 Å². The second-order valence-corrected chi connectivity index (χ2v) is 5.92. The molecule has 0 aliphatic heterocycles. The molecule has 2 unspecified atom stereocenters. The molecule has 2 aromatic carbocycles. The summed E-state index contributed by atoms with van der Waals surface area (Å²) in [7, 11) is 0. The second-order valence-electron chi connectivity index (χ2n) is 5.92. The maximum Gasteiger partial charge on any atom is 0.0583 e. The molecule has 0 heterocycles. The zero-order valence-electron chi connectivity index (χ0n) is 12.7. The highest BCUT2D eigenvalue weighted by atomic mass is 16.3. The Hall–Kier alpha value is -1.64. The Balaban J connectivity index is 1.81. The van der Waals surface area contributed by atoms with Gasteiger partial charge in [0.25, 0.3) is 0 Å². The molecular formula is C19H25NO. The Labute approximate surface area is 127 Å². The smallest absolute Gasteiger partial charge is 0.0583 e. The molecule has 3 N–H and O–H groups in total. The first kappa shape index (κ1) is 15.7. The van der Waals surface area contributed by atoms with Gasteiger partial charge in [-0.25, -0.2) is 0 Å². The molecule has 0 aliphatic carbocycles. The van der Waals surface area contributed by atoms with Crippen LogP contribution in [0.3, 0.4) is 0 Å². The van der Waals surface area contributed by atoms with E-state index in [2.05, 4.69) is 31.2 Å². The maximum atomic E-state index is 10.3. The van der Waals surface area contributed by atoms with E-state index in [0.29, 0.717) is 6.42 Å². The van der Waals surface area contributed by atoms with Crippen molar-refractivity contribution >= 4 is 0 Å². The molecule has 2 rings (SSSR count). The van der Waals surface area contributed by atoms with Crippen molar-refractivity contribution in [2.24, 2.45) is 11.7 Å². The summed E-state index contributed by atoms with van der Waals surface area (Å²) in [6.07, 6.45) is 1.99. The molecule has 112 valence electrons. The number of rotatable bonds is 7. The Bertz CT molecular complexity index is 512. The van der Waals surface area contributed by atoms with E-state index in [4.69, 9.17) is 5.73 Å². The SMILES string of the molecule is C[C@@H](Cc1ccccc1)C(O)CC(N)Cc1ccccc1. The Morgan fingerprint density at radius 1 is 0.857 bits per heavy atom. The van der Waals surface area contributed by atoms with Crippen LogP contribution in [0.5, 0.6) is 0 Å². The second kappa shape index (κ2) is 7.96. The standard InChI is InChI=1S/C19H25NO/c1-15(12-16-8-4-2-5-9-16)19(21)14-18(20)13-17-10-6-3-7-11-17/h2-11,15,18-19,21H,12-14,20H2,1H3/t15-,18?,19?/m0/s1. The van der Waals surface area contributed by atoms with Gasteiger partial charge in [0, 0.05) is 6.04 Å². The highest BCUT2D eigenvalue weighted by molar-refractivity contribution is 5.16. The summed E-state index contributed by atoms with van der Waals surface area (Å²) in [6.45, 7) is 2.09. The molecule has 0 fully saturated rings. The summed E-state index contributed by atoms with van der Waals surface area (Å²) < 4.78 is 0. The van der Waals surface area contributed by atoms with E-state index >= 15 is 0 Å². The summed E-state index contributed by atoms with van der Waals surface area (Å²) in [5.41, 5.74) is 8.67. The van der Waals surface area contributed by atoms with Crippen molar-refractivity contribution in [2.45, 2.75) is 38.3 Å². The molecule has 21 heavy (non-hydrogen) atoms. The van der Waals surface area contributed by atoms with Gasteiger partial charge in [-0.3, -0.25) is 0 Å². The summed E-state index contributed by atoms with van der Waals surface area (Å²) in [5.74, 6) is 0.217. The van der Waals surface area contributed by atoms with Crippen LogP contribution < -0.4 is 5.73 Å². The van der Waals surface area contributed by atoms with E-state index in [1.807, 2.05) is 36.4 Å². The van der Waals surface area contributed by atoms with E-state index in [1.165, 1.54) is 11.1 Å². The van der Waals surface area contributed by atoms with Crippen molar-refractivity contribution < 1.29 is 5.11 Å². The predicted octanol–water partition coefficient (Wildman–Crippen LogP) is 3.19. The molecular weight excluding hydrogens is 258 g/mol. The largest absolute Gasteiger partial charge is 0.393 e. The molecule has 0 saturated carbocycles. The van der Waals surface area contributed by atoms with Gasteiger partial charge in [-0.1, -0.05) is 67.6 Å². The van der Waals surface area contributed by atoms with Gasteiger partial charge in [-0.2, -0.15) is 0 Å². The fourth-order valence-corrected chi connectivity index (χ4v) is 2.66. The van der Waals surface area contributed by atoms with Crippen LogP contribution in [0.4, 0.5) is 0 Å². The van der Waals surface area contributed by atoms with E-state index in [-0.39, 0.29) is 18.1 Å². The minimum Gasteiger partial charge on any atom is -0.393 e. The average molecular weight is 283 g/mol. The molecule has 2 heteroatoms. The number of benzene rings is 2. The molecule has 0 aromatic heterocycles. The van der Waals surface area contributed by atoms with Crippen LogP contribution in [0.1, 0.15) is 24.5 Å². The highest BCUT2D eigenvalue weighted by Gasteiger charge is 2.18. The Morgan fingerprint density at radius 3 is 1.86 bits per heavy atom. The van der Waals surface area contributed by atoms with Gasteiger partial charge in [0.05, 0.1) is 6.10 Å². The zero-order chi connectivity index (χ0) is 15.1. The van der Waals surface area contributed by atoms with Crippen LogP contribution in [0.2, 0.25) is 0 Å². The normalized spacial score (nSPS) is 15.4. The zero-order valence-corrected chi connectivity index (χ0v) is 12.7. The van der Waals surface area contributed by atoms with Crippen LogP contribution in [0.15, 0.2) is 60.7 Å². The van der Waals surface area contributed by atoms with E-state index in [0.717, 1.165) is 12.8 Å². The molecule has 0 radical (unpaired) electrons. The monoisotopic (exact) mass is 283 g/mol. The third-order valence-electron chi connectivity index (χ3n) is 3.94. The van der Waals surface area contributed by atoms with E-state index in [1.54, 1.807) is 0 Å². The predicted molar refractivity (Wildman–Crippen MR) is 88.1 cm³/mol. The van der Waals surface area contributed by atoms with E-state index in [9.17, 15) is 5.11 Å². The number of hydrogen-bond acceptors (Lipinski definition) is 2. The summed E-state index contributed by atoms with van der Waals surface area (Å²) in [6, 6.07) is 20.5. The molecule has 0 amide bonds. The van der Waals surface area contributed by atoms with Gasteiger partial charge in [0.2, 0.25) is 0 Å². The van der Waals surface area contributed by atoms with Crippen LogP contribution in [-0.2, 0) is 12.8 Å². The fraction of sp³-hybridized carbons (Fsp3) is 0.368. The van der Waals surface area contributed by atoms with Crippen molar-refractivity contribution in [1.29, 1.82) is 0 Å². The number of nitrogens with two attached hydrogens (primary N) is 1. The topological polar surface area (TPSA) is 46.2 Å². The lowest BCUT2D eigenvalue weighted by Gasteiger charge is -2.22. The quantitative estimate of drug-likeness (QED) is 0.820. The summed E-state index contributed by atoms with van der Waals surface area (Å²) in [4.78, 5) is 0. The van der Waals surface area contributed by atoms with Gasteiger partial charge >= 0.3 is 0 Å².